The lowest BCUT2D eigenvalue weighted by molar-refractivity contribution is 0.312. The minimum absolute atomic E-state index is 0.457. The van der Waals surface area contributed by atoms with Crippen LogP contribution in [0.4, 0.5) is 5.82 Å². The molecule has 0 saturated carbocycles. The fourth-order valence-corrected chi connectivity index (χ4v) is 3.87. The van der Waals surface area contributed by atoms with Crippen molar-refractivity contribution in [2.45, 2.75) is 32.7 Å². The molecule has 1 unspecified atom stereocenters. The van der Waals surface area contributed by atoms with Gasteiger partial charge in [-0.1, -0.05) is 25.1 Å². The monoisotopic (exact) mass is 438 g/mol. The van der Waals surface area contributed by atoms with Crippen LogP contribution in [-0.4, -0.2) is 69.3 Å². The van der Waals surface area contributed by atoms with Crippen LogP contribution in [-0.2, 0) is 6.54 Å². The molecular formula is C25H38N6O. The second-order valence-corrected chi connectivity index (χ2v) is 8.36. The predicted octanol–water partition coefficient (Wildman–Crippen LogP) is 3.09. The van der Waals surface area contributed by atoms with E-state index in [4.69, 9.17) is 9.73 Å². The Hall–Kier alpha value is -2.80. The number of nitrogens with one attached hydrogen (secondary N) is 2. The molecule has 7 nitrogen and oxygen atoms in total. The lowest BCUT2D eigenvalue weighted by atomic mass is 9.98. The Labute approximate surface area is 192 Å². The number of aromatic nitrogens is 1. The van der Waals surface area contributed by atoms with Crippen molar-refractivity contribution in [3.05, 3.63) is 53.7 Å². The van der Waals surface area contributed by atoms with Gasteiger partial charge in [-0.15, -0.1) is 0 Å². The zero-order valence-electron chi connectivity index (χ0n) is 20.0. The fourth-order valence-electron chi connectivity index (χ4n) is 3.87. The zero-order valence-corrected chi connectivity index (χ0v) is 20.0. The molecule has 1 atom stereocenters. The van der Waals surface area contributed by atoms with Gasteiger partial charge in [-0.05, 0) is 50.1 Å². The van der Waals surface area contributed by atoms with E-state index in [1.165, 1.54) is 11.1 Å². The summed E-state index contributed by atoms with van der Waals surface area (Å²) in [7, 11) is 3.87. The van der Waals surface area contributed by atoms with Crippen molar-refractivity contribution in [2.24, 2.45) is 4.99 Å². The summed E-state index contributed by atoms with van der Waals surface area (Å²) in [6.45, 7) is 10.8. The third-order valence-electron chi connectivity index (χ3n) is 5.98. The molecular weight excluding hydrogens is 400 g/mol. The van der Waals surface area contributed by atoms with Gasteiger partial charge in [-0.3, -0.25) is 0 Å². The van der Waals surface area contributed by atoms with Crippen LogP contribution in [0.25, 0.3) is 0 Å². The quantitative estimate of drug-likeness (QED) is 0.463. The highest BCUT2D eigenvalue weighted by Crippen LogP contribution is 2.22. The highest BCUT2D eigenvalue weighted by molar-refractivity contribution is 5.79. The summed E-state index contributed by atoms with van der Waals surface area (Å²) in [5.41, 5.74) is 2.49. The molecule has 2 N–H and O–H groups in total. The standard InChI is InChI=1S/C25H38N6O/c1-5-26-25(28-14-12-20(2)21-8-10-23(32-4)11-9-21)29-19-22-7-6-13-27-24(22)31-17-15-30(3)16-18-31/h6-11,13,20H,5,12,14-19H2,1-4H3,(H2,26,28,29). The van der Waals surface area contributed by atoms with E-state index in [0.717, 1.165) is 63.2 Å². The van der Waals surface area contributed by atoms with Crippen molar-refractivity contribution in [1.29, 1.82) is 0 Å². The summed E-state index contributed by atoms with van der Waals surface area (Å²) in [6, 6.07) is 12.5. The molecule has 1 aliphatic heterocycles. The first kappa shape index (κ1) is 23.9. The van der Waals surface area contributed by atoms with E-state index in [0.29, 0.717) is 12.5 Å². The number of anilines is 1. The van der Waals surface area contributed by atoms with E-state index in [9.17, 15) is 0 Å². The molecule has 2 aromatic rings. The summed E-state index contributed by atoms with van der Waals surface area (Å²) < 4.78 is 5.26. The van der Waals surface area contributed by atoms with E-state index < -0.39 is 0 Å². The molecule has 1 aliphatic rings. The smallest absolute Gasteiger partial charge is 0.191 e. The topological polar surface area (TPSA) is 65.0 Å². The lowest BCUT2D eigenvalue weighted by Gasteiger charge is -2.34. The predicted molar refractivity (Wildman–Crippen MR) is 133 cm³/mol. The summed E-state index contributed by atoms with van der Waals surface area (Å²) >= 11 is 0. The Balaban J connectivity index is 1.57. The molecule has 1 aromatic carbocycles. The third kappa shape index (κ3) is 6.85. The van der Waals surface area contributed by atoms with Crippen LogP contribution < -0.4 is 20.3 Å². The maximum absolute atomic E-state index is 5.26. The second-order valence-electron chi connectivity index (χ2n) is 8.36. The van der Waals surface area contributed by atoms with Gasteiger partial charge >= 0.3 is 0 Å². The Morgan fingerprint density at radius 1 is 1.12 bits per heavy atom. The molecule has 1 saturated heterocycles. The number of benzene rings is 1. The Morgan fingerprint density at radius 2 is 1.88 bits per heavy atom. The van der Waals surface area contributed by atoms with Crippen molar-refractivity contribution >= 4 is 11.8 Å². The summed E-state index contributed by atoms with van der Waals surface area (Å²) in [4.78, 5) is 14.3. The van der Waals surface area contributed by atoms with Gasteiger partial charge in [0, 0.05) is 51.0 Å². The number of piperazine rings is 1. The SMILES string of the molecule is CCNC(=NCc1cccnc1N1CCN(C)CC1)NCCC(C)c1ccc(OC)cc1. The highest BCUT2D eigenvalue weighted by Gasteiger charge is 2.17. The molecule has 0 aliphatic carbocycles. The molecule has 0 spiro atoms. The Kier molecular flexibility index (Phi) is 9.16. The number of guanidine groups is 1. The number of ether oxygens (including phenoxy) is 1. The minimum Gasteiger partial charge on any atom is -0.497 e. The van der Waals surface area contributed by atoms with Gasteiger partial charge in [0.05, 0.1) is 13.7 Å². The first-order valence-electron chi connectivity index (χ1n) is 11.6. The van der Waals surface area contributed by atoms with Crippen molar-refractivity contribution in [2.75, 3.05) is 58.3 Å². The van der Waals surface area contributed by atoms with Crippen molar-refractivity contribution < 1.29 is 4.74 Å². The van der Waals surface area contributed by atoms with E-state index in [2.05, 4.69) is 64.5 Å². The van der Waals surface area contributed by atoms with Gasteiger partial charge in [0.1, 0.15) is 11.6 Å². The number of aliphatic imine (C=N–C) groups is 1. The largest absolute Gasteiger partial charge is 0.497 e. The highest BCUT2D eigenvalue weighted by atomic mass is 16.5. The van der Waals surface area contributed by atoms with Crippen molar-refractivity contribution in [1.82, 2.24) is 20.5 Å². The lowest BCUT2D eigenvalue weighted by Crippen LogP contribution is -2.45. The average Bonchev–Trinajstić information content (AvgIpc) is 2.83. The Bertz CT molecular complexity index is 846. The molecule has 2 heterocycles. The molecule has 0 bridgehead atoms. The number of pyridine rings is 1. The third-order valence-corrected chi connectivity index (χ3v) is 5.98. The van der Waals surface area contributed by atoms with Crippen LogP contribution in [0, 0.1) is 0 Å². The maximum atomic E-state index is 5.26. The van der Waals surface area contributed by atoms with Gasteiger partial charge < -0.3 is 25.2 Å². The number of nitrogens with zero attached hydrogens (tertiary/aromatic N) is 4. The van der Waals surface area contributed by atoms with Crippen molar-refractivity contribution in [3.8, 4) is 5.75 Å². The van der Waals surface area contributed by atoms with Crippen LogP contribution in [0.2, 0.25) is 0 Å². The van der Waals surface area contributed by atoms with Crippen LogP contribution in [0.1, 0.15) is 37.3 Å². The molecule has 7 heteroatoms. The average molecular weight is 439 g/mol. The summed E-state index contributed by atoms with van der Waals surface area (Å²) in [5, 5.41) is 6.86. The number of hydrogen-bond acceptors (Lipinski definition) is 5. The molecule has 32 heavy (non-hydrogen) atoms. The molecule has 0 radical (unpaired) electrons. The summed E-state index contributed by atoms with van der Waals surface area (Å²) in [6.07, 6.45) is 2.90. The van der Waals surface area contributed by atoms with E-state index in [-0.39, 0.29) is 0 Å². The molecule has 1 aromatic heterocycles. The van der Waals surface area contributed by atoms with E-state index in [1.54, 1.807) is 7.11 Å². The molecule has 3 rings (SSSR count). The van der Waals surface area contributed by atoms with Crippen LogP contribution in [0.15, 0.2) is 47.6 Å². The first-order valence-corrected chi connectivity index (χ1v) is 11.6. The molecule has 1 fully saturated rings. The number of hydrogen-bond donors (Lipinski definition) is 2. The summed E-state index contributed by atoms with van der Waals surface area (Å²) in [5.74, 6) is 3.27. The minimum atomic E-state index is 0.457. The number of rotatable bonds is 9. The zero-order chi connectivity index (χ0) is 22.8. The Morgan fingerprint density at radius 3 is 2.56 bits per heavy atom. The van der Waals surface area contributed by atoms with Crippen molar-refractivity contribution in [3.63, 3.8) is 0 Å². The van der Waals surface area contributed by atoms with Gasteiger partial charge in [0.25, 0.3) is 0 Å². The van der Waals surface area contributed by atoms with Gasteiger partial charge in [-0.25, -0.2) is 9.98 Å². The van der Waals surface area contributed by atoms with E-state index >= 15 is 0 Å². The number of methoxy groups -OCH3 is 1. The van der Waals surface area contributed by atoms with Gasteiger partial charge in [-0.2, -0.15) is 0 Å². The first-order chi connectivity index (χ1) is 15.6. The van der Waals surface area contributed by atoms with Crippen LogP contribution in [0.5, 0.6) is 5.75 Å². The van der Waals surface area contributed by atoms with Gasteiger partial charge in [0.2, 0.25) is 0 Å². The second kappa shape index (κ2) is 12.3. The fraction of sp³-hybridized carbons (Fsp3) is 0.520. The van der Waals surface area contributed by atoms with Crippen LogP contribution in [0.3, 0.4) is 0 Å². The normalized spacial score (nSPS) is 16.0. The van der Waals surface area contributed by atoms with Crippen LogP contribution >= 0.6 is 0 Å². The maximum Gasteiger partial charge on any atom is 0.191 e. The molecule has 0 amide bonds. The number of likely N-dealkylation sites (N-methyl/N-ethyl adjacent to an activating group) is 1. The van der Waals surface area contributed by atoms with Gasteiger partial charge in [0.15, 0.2) is 5.96 Å². The molecule has 174 valence electrons. The van der Waals surface area contributed by atoms with E-state index in [1.807, 2.05) is 24.4 Å².